The molecule has 4 nitrogen and oxygen atoms in total. The number of rotatable bonds is 3. The van der Waals surface area contributed by atoms with E-state index in [9.17, 15) is 4.79 Å². The van der Waals surface area contributed by atoms with Crippen LogP contribution >= 0.6 is 0 Å². The van der Waals surface area contributed by atoms with Crippen LogP contribution in [0.25, 0.3) is 0 Å². The quantitative estimate of drug-likeness (QED) is 0.723. The standard InChI is InChI=1S/C9H13N3O/c1-6-4-10-8(12-6)9(13)11-5-7-2-3-7/h4,7H,2-3,5H2,1H3,(H,10,12)(H,11,13). The maximum absolute atomic E-state index is 11.4. The van der Waals surface area contributed by atoms with E-state index < -0.39 is 0 Å². The van der Waals surface area contributed by atoms with E-state index in [2.05, 4.69) is 15.3 Å². The zero-order valence-corrected chi connectivity index (χ0v) is 7.63. The highest BCUT2D eigenvalue weighted by atomic mass is 16.2. The van der Waals surface area contributed by atoms with Crippen LogP contribution < -0.4 is 5.32 Å². The molecule has 1 amide bonds. The van der Waals surface area contributed by atoms with Gasteiger partial charge in [0.2, 0.25) is 0 Å². The molecule has 1 aromatic rings. The number of carbonyl (C=O) groups excluding carboxylic acids is 1. The lowest BCUT2D eigenvalue weighted by Crippen LogP contribution is -2.26. The van der Waals surface area contributed by atoms with Gasteiger partial charge >= 0.3 is 0 Å². The van der Waals surface area contributed by atoms with Gasteiger partial charge in [0.05, 0.1) is 0 Å². The normalized spacial score (nSPS) is 15.8. The molecule has 0 unspecified atom stereocenters. The molecular weight excluding hydrogens is 166 g/mol. The summed E-state index contributed by atoms with van der Waals surface area (Å²) in [7, 11) is 0. The molecule has 0 saturated heterocycles. The number of H-pyrrole nitrogens is 1. The minimum absolute atomic E-state index is 0.0972. The summed E-state index contributed by atoms with van der Waals surface area (Å²) in [5, 5.41) is 2.84. The molecule has 1 aromatic heterocycles. The lowest BCUT2D eigenvalue weighted by molar-refractivity contribution is 0.0942. The minimum atomic E-state index is -0.0972. The van der Waals surface area contributed by atoms with E-state index in [0.717, 1.165) is 12.2 Å². The molecule has 2 N–H and O–H groups in total. The number of imidazole rings is 1. The molecule has 0 aliphatic heterocycles. The predicted molar refractivity (Wildman–Crippen MR) is 48.4 cm³/mol. The Labute approximate surface area is 76.8 Å². The van der Waals surface area contributed by atoms with Gasteiger partial charge in [0.15, 0.2) is 5.82 Å². The van der Waals surface area contributed by atoms with Crippen molar-refractivity contribution < 1.29 is 4.79 Å². The molecule has 13 heavy (non-hydrogen) atoms. The SMILES string of the molecule is Cc1cnc(C(=O)NCC2CC2)[nH]1. The van der Waals surface area contributed by atoms with Gasteiger partial charge in [-0.05, 0) is 25.7 Å². The maximum Gasteiger partial charge on any atom is 0.287 e. The fraction of sp³-hybridized carbons (Fsp3) is 0.556. The van der Waals surface area contributed by atoms with Crippen LogP contribution in [0.1, 0.15) is 29.2 Å². The predicted octanol–water partition coefficient (Wildman–Crippen LogP) is 0.858. The van der Waals surface area contributed by atoms with Gasteiger partial charge in [-0.1, -0.05) is 0 Å². The van der Waals surface area contributed by atoms with Crippen LogP contribution in [0.3, 0.4) is 0 Å². The third-order valence-electron chi connectivity index (χ3n) is 2.17. The van der Waals surface area contributed by atoms with Gasteiger partial charge < -0.3 is 10.3 Å². The lowest BCUT2D eigenvalue weighted by atomic mass is 10.4. The van der Waals surface area contributed by atoms with Gasteiger partial charge in [-0.2, -0.15) is 0 Å². The van der Waals surface area contributed by atoms with Crippen molar-refractivity contribution in [3.05, 3.63) is 17.7 Å². The van der Waals surface area contributed by atoms with Gasteiger partial charge in [0.25, 0.3) is 5.91 Å². The van der Waals surface area contributed by atoms with Crippen molar-refractivity contribution in [2.75, 3.05) is 6.54 Å². The molecule has 1 saturated carbocycles. The lowest BCUT2D eigenvalue weighted by Gasteiger charge is -1.99. The second-order valence-corrected chi connectivity index (χ2v) is 3.57. The third kappa shape index (κ3) is 2.08. The number of nitrogens with zero attached hydrogens (tertiary/aromatic N) is 1. The number of aryl methyl sites for hydroxylation is 1. The molecule has 70 valence electrons. The van der Waals surface area contributed by atoms with E-state index in [1.165, 1.54) is 12.8 Å². The van der Waals surface area contributed by atoms with Crippen molar-refractivity contribution in [2.45, 2.75) is 19.8 Å². The Balaban J connectivity index is 1.88. The summed E-state index contributed by atoms with van der Waals surface area (Å²) < 4.78 is 0. The first-order chi connectivity index (χ1) is 6.25. The van der Waals surface area contributed by atoms with Crippen molar-refractivity contribution in [2.24, 2.45) is 5.92 Å². The molecule has 1 heterocycles. The number of amides is 1. The van der Waals surface area contributed by atoms with Crippen molar-refractivity contribution in [3.8, 4) is 0 Å². The summed E-state index contributed by atoms with van der Waals surface area (Å²) in [6, 6.07) is 0. The number of aromatic nitrogens is 2. The average Bonchev–Trinajstić information content (AvgIpc) is 2.84. The van der Waals surface area contributed by atoms with Crippen molar-refractivity contribution >= 4 is 5.91 Å². The fourth-order valence-corrected chi connectivity index (χ4v) is 1.17. The van der Waals surface area contributed by atoms with Crippen LogP contribution in [-0.4, -0.2) is 22.4 Å². The van der Waals surface area contributed by atoms with Crippen LogP contribution in [0.15, 0.2) is 6.20 Å². The molecule has 0 spiro atoms. The molecule has 2 rings (SSSR count). The highest BCUT2D eigenvalue weighted by Crippen LogP contribution is 2.27. The Morgan fingerprint density at radius 3 is 3.08 bits per heavy atom. The maximum atomic E-state index is 11.4. The van der Waals surface area contributed by atoms with Crippen LogP contribution in [0.5, 0.6) is 0 Å². The molecule has 4 heteroatoms. The average molecular weight is 179 g/mol. The first-order valence-electron chi connectivity index (χ1n) is 4.55. The Kier molecular flexibility index (Phi) is 2.04. The first kappa shape index (κ1) is 8.29. The third-order valence-corrected chi connectivity index (χ3v) is 2.17. The van der Waals surface area contributed by atoms with Gasteiger partial charge in [-0.15, -0.1) is 0 Å². The second kappa shape index (κ2) is 3.20. The highest BCUT2D eigenvalue weighted by Gasteiger charge is 2.22. The number of aromatic amines is 1. The van der Waals surface area contributed by atoms with E-state index in [4.69, 9.17) is 0 Å². The van der Waals surface area contributed by atoms with Gasteiger partial charge in [-0.3, -0.25) is 4.79 Å². The summed E-state index contributed by atoms with van der Waals surface area (Å²) in [6.07, 6.45) is 4.15. The van der Waals surface area contributed by atoms with E-state index >= 15 is 0 Å². The monoisotopic (exact) mass is 179 g/mol. The summed E-state index contributed by atoms with van der Waals surface area (Å²) in [4.78, 5) is 18.2. The highest BCUT2D eigenvalue weighted by molar-refractivity contribution is 5.90. The molecular formula is C9H13N3O. The summed E-state index contributed by atoms with van der Waals surface area (Å²) >= 11 is 0. The Morgan fingerprint density at radius 2 is 2.54 bits per heavy atom. The molecule has 1 fully saturated rings. The first-order valence-corrected chi connectivity index (χ1v) is 4.55. The zero-order chi connectivity index (χ0) is 9.26. The van der Waals surface area contributed by atoms with Crippen molar-refractivity contribution in [3.63, 3.8) is 0 Å². The Morgan fingerprint density at radius 1 is 1.77 bits per heavy atom. The number of hydrogen-bond donors (Lipinski definition) is 2. The molecule has 0 radical (unpaired) electrons. The van der Waals surface area contributed by atoms with Crippen LogP contribution in [0.2, 0.25) is 0 Å². The van der Waals surface area contributed by atoms with Crippen molar-refractivity contribution in [1.29, 1.82) is 0 Å². The topological polar surface area (TPSA) is 57.8 Å². The molecule has 1 aliphatic rings. The second-order valence-electron chi connectivity index (χ2n) is 3.57. The summed E-state index contributed by atoms with van der Waals surface area (Å²) in [5.74, 6) is 1.03. The summed E-state index contributed by atoms with van der Waals surface area (Å²) in [6.45, 7) is 2.67. The largest absolute Gasteiger partial charge is 0.349 e. The zero-order valence-electron chi connectivity index (χ0n) is 7.63. The van der Waals surface area contributed by atoms with Crippen LogP contribution in [0.4, 0.5) is 0 Å². The van der Waals surface area contributed by atoms with E-state index in [1.807, 2.05) is 6.92 Å². The number of hydrogen-bond acceptors (Lipinski definition) is 2. The Bertz CT molecular complexity index is 314. The van der Waals surface area contributed by atoms with E-state index in [1.54, 1.807) is 6.20 Å². The molecule has 0 aromatic carbocycles. The number of carbonyl (C=O) groups is 1. The smallest absolute Gasteiger partial charge is 0.287 e. The van der Waals surface area contributed by atoms with Gasteiger partial charge in [0, 0.05) is 18.4 Å². The Hall–Kier alpha value is -1.32. The number of nitrogens with one attached hydrogen (secondary N) is 2. The minimum Gasteiger partial charge on any atom is -0.349 e. The molecule has 1 aliphatic carbocycles. The van der Waals surface area contributed by atoms with Gasteiger partial charge in [0.1, 0.15) is 0 Å². The summed E-state index contributed by atoms with van der Waals surface area (Å²) in [5.41, 5.74) is 0.913. The molecule has 0 bridgehead atoms. The van der Waals surface area contributed by atoms with Crippen molar-refractivity contribution in [1.82, 2.24) is 15.3 Å². The van der Waals surface area contributed by atoms with E-state index in [-0.39, 0.29) is 5.91 Å². The fourth-order valence-electron chi connectivity index (χ4n) is 1.17. The van der Waals surface area contributed by atoms with Gasteiger partial charge in [-0.25, -0.2) is 4.98 Å². The molecule has 0 atom stereocenters. The van der Waals surface area contributed by atoms with Crippen LogP contribution in [0, 0.1) is 12.8 Å². The van der Waals surface area contributed by atoms with E-state index in [0.29, 0.717) is 11.7 Å². The van der Waals surface area contributed by atoms with Crippen LogP contribution in [-0.2, 0) is 0 Å².